The van der Waals surface area contributed by atoms with Gasteiger partial charge in [-0.2, -0.15) is 0 Å². The molecule has 0 saturated carbocycles. The van der Waals surface area contributed by atoms with E-state index in [-0.39, 0.29) is 0 Å². The minimum atomic E-state index is 0.726. The lowest BCUT2D eigenvalue weighted by Crippen LogP contribution is -1.89. The SMILES string of the molecule is C1=Cc2c3c([pH]c2=N1)=CC=N3. The molecule has 0 aliphatic carbocycles. The second kappa shape index (κ2) is 1.72. The molecule has 0 N–H and O–H groups in total. The molecule has 2 aliphatic heterocycles. The molecule has 2 aliphatic rings. The van der Waals surface area contributed by atoms with Crippen molar-refractivity contribution in [3.63, 3.8) is 0 Å². The van der Waals surface area contributed by atoms with E-state index in [0.29, 0.717) is 0 Å². The zero-order chi connectivity index (χ0) is 7.26. The molecule has 1 unspecified atom stereocenters. The average Bonchev–Trinajstić information content (AvgIpc) is 2.52. The van der Waals surface area contributed by atoms with E-state index in [2.05, 4.69) is 16.1 Å². The second-order valence-electron chi connectivity index (χ2n) is 2.54. The van der Waals surface area contributed by atoms with Crippen molar-refractivity contribution in [1.82, 2.24) is 0 Å². The van der Waals surface area contributed by atoms with E-state index in [9.17, 15) is 0 Å². The van der Waals surface area contributed by atoms with E-state index in [1.807, 2.05) is 18.5 Å². The number of fused-ring (bicyclic) bond motifs is 3. The summed E-state index contributed by atoms with van der Waals surface area (Å²) in [6, 6.07) is 0. The van der Waals surface area contributed by atoms with E-state index < -0.39 is 0 Å². The van der Waals surface area contributed by atoms with E-state index in [4.69, 9.17) is 0 Å². The molecular formula is C8H5N2P. The first-order valence-corrected chi connectivity index (χ1v) is 4.46. The molecule has 3 rings (SSSR count). The highest BCUT2D eigenvalue weighted by Crippen LogP contribution is 2.21. The van der Waals surface area contributed by atoms with Gasteiger partial charge in [-0.25, -0.2) is 0 Å². The van der Waals surface area contributed by atoms with Crippen LogP contribution in [0.1, 0.15) is 5.56 Å². The fraction of sp³-hybridized carbons (Fsp3) is 0. The van der Waals surface area contributed by atoms with Gasteiger partial charge in [0.2, 0.25) is 0 Å². The average molecular weight is 160 g/mol. The zero-order valence-electron chi connectivity index (χ0n) is 5.70. The number of hydrogen-bond acceptors (Lipinski definition) is 2. The van der Waals surface area contributed by atoms with Crippen LogP contribution in [0, 0.1) is 0 Å². The van der Waals surface area contributed by atoms with Crippen molar-refractivity contribution >= 4 is 32.2 Å². The van der Waals surface area contributed by atoms with Crippen molar-refractivity contribution in [2.24, 2.45) is 9.98 Å². The minimum Gasteiger partial charge on any atom is -0.255 e. The van der Waals surface area contributed by atoms with Crippen LogP contribution in [0.2, 0.25) is 0 Å². The van der Waals surface area contributed by atoms with Gasteiger partial charge in [0.1, 0.15) is 0 Å². The molecule has 1 atom stereocenters. The summed E-state index contributed by atoms with van der Waals surface area (Å²) in [5.41, 5.74) is 2.39. The van der Waals surface area contributed by atoms with Crippen molar-refractivity contribution in [2.75, 3.05) is 0 Å². The van der Waals surface area contributed by atoms with Crippen LogP contribution in [0.3, 0.4) is 0 Å². The molecule has 0 amide bonds. The highest BCUT2D eigenvalue weighted by atomic mass is 31.0. The third-order valence-corrected chi connectivity index (χ3v) is 3.22. The smallest absolute Gasteiger partial charge is 0.0887 e. The first kappa shape index (κ1) is 5.50. The molecule has 1 aromatic rings. The molecule has 0 radical (unpaired) electrons. The Morgan fingerprint density at radius 1 is 1.36 bits per heavy atom. The topological polar surface area (TPSA) is 24.7 Å². The van der Waals surface area contributed by atoms with Gasteiger partial charge in [-0.15, -0.1) is 8.19 Å². The fourth-order valence-corrected chi connectivity index (χ4v) is 2.61. The molecule has 2 nitrogen and oxygen atoms in total. The predicted molar refractivity (Wildman–Crippen MR) is 48.4 cm³/mol. The molecular weight excluding hydrogens is 155 g/mol. The summed E-state index contributed by atoms with van der Waals surface area (Å²) in [4.78, 5) is 9.88. The van der Waals surface area contributed by atoms with Crippen molar-refractivity contribution in [3.8, 4) is 0 Å². The van der Waals surface area contributed by atoms with Gasteiger partial charge < -0.3 is 0 Å². The highest BCUT2D eigenvalue weighted by molar-refractivity contribution is 7.28. The van der Waals surface area contributed by atoms with Crippen LogP contribution < -0.4 is 10.0 Å². The Hall–Kier alpha value is -1.14. The summed E-state index contributed by atoms with van der Waals surface area (Å²) < 4.78 is 0. The Morgan fingerprint density at radius 2 is 2.36 bits per heavy atom. The maximum Gasteiger partial charge on any atom is 0.0887 e. The lowest BCUT2D eigenvalue weighted by atomic mass is 10.3. The van der Waals surface area contributed by atoms with E-state index in [1.54, 1.807) is 0 Å². The van der Waals surface area contributed by atoms with Crippen LogP contribution in [-0.2, 0) is 0 Å². The van der Waals surface area contributed by atoms with E-state index in [1.165, 1.54) is 15.6 Å². The molecule has 3 heterocycles. The third kappa shape index (κ3) is 0.578. The predicted octanol–water partition coefficient (Wildman–Crippen LogP) is 0.818. The molecule has 0 bridgehead atoms. The molecule has 11 heavy (non-hydrogen) atoms. The minimum absolute atomic E-state index is 0.726. The molecule has 52 valence electrons. The maximum absolute atomic E-state index is 4.28. The standard InChI is InChI=1S/C8H5N2P/c1-3-10-8-5(1)7-6(11-8)2-4-9-7/h1-4,11H. The van der Waals surface area contributed by atoms with E-state index in [0.717, 1.165) is 13.9 Å². The van der Waals surface area contributed by atoms with Crippen molar-refractivity contribution in [3.05, 3.63) is 21.8 Å². The Kier molecular flexibility index (Phi) is 0.858. The molecule has 0 saturated heterocycles. The summed E-state index contributed by atoms with van der Waals surface area (Å²) in [6.07, 6.45) is 7.85. The van der Waals surface area contributed by atoms with Crippen LogP contribution in [0.4, 0.5) is 5.69 Å². The fourth-order valence-electron chi connectivity index (χ4n) is 1.40. The van der Waals surface area contributed by atoms with Gasteiger partial charge in [-0.3, -0.25) is 9.98 Å². The summed E-state index contributed by atoms with van der Waals surface area (Å²) in [6.45, 7) is 0. The lowest BCUT2D eigenvalue weighted by Gasteiger charge is -1.83. The van der Waals surface area contributed by atoms with Gasteiger partial charge in [-0.1, -0.05) is 0 Å². The first-order valence-electron chi connectivity index (χ1n) is 3.46. The van der Waals surface area contributed by atoms with Crippen LogP contribution >= 0.6 is 8.19 Å². The molecule has 1 aromatic heterocycles. The van der Waals surface area contributed by atoms with Gasteiger partial charge in [-0.05, 0) is 12.2 Å². The normalized spacial score (nSPS) is 16.7. The van der Waals surface area contributed by atoms with Crippen LogP contribution in [0.5, 0.6) is 0 Å². The summed E-state index contributed by atoms with van der Waals surface area (Å²) in [7, 11) is 0.726. The maximum atomic E-state index is 4.28. The Bertz CT molecular complexity index is 446. The van der Waals surface area contributed by atoms with E-state index >= 15 is 0 Å². The summed E-state index contributed by atoms with van der Waals surface area (Å²) in [5.74, 6) is 0. The molecule has 0 spiro atoms. The quantitative estimate of drug-likeness (QED) is 0.536. The van der Waals surface area contributed by atoms with Crippen molar-refractivity contribution < 1.29 is 0 Å². The van der Waals surface area contributed by atoms with Gasteiger partial charge in [0, 0.05) is 22.9 Å². The lowest BCUT2D eigenvalue weighted by molar-refractivity contribution is 1.48. The van der Waals surface area contributed by atoms with Crippen molar-refractivity contribution in [1.29, 1.82) is 0 Å². The number of rotatable bonds is 0. The van der Waals surface area contributed by atoms with Crippen LogP contribution in [0.15, 0.2) is 16.2 Å². The first-order chi connectivity index (χ1) is 5.45. The van der Waals surface area contributed by atoms with Crippen LogP contribution in [-0.4, -0.2) is 6.21 Å². The summed E-state index contributed by atoms with van der Waals surface area (Å²) >= 11 is 0. The largest absolute Gasteiger partial charge is 0.255 e. The Balaban J connectivity index is 2.60. The van der Waals surface area contributed by atoms with Crippen LogP contribution in [0.25, 0.3) is 12.2 Å². The molecule has 0 aromatic carbocycles. The van der Waals surface area contributed by atoms with Gasteiger partial charge in [0.25, 0.3) is 0 Å². The number of aliphatic imine (C=N–C) groups is 1. The summed E-state index contributed by atoms with van der Waals surface area (Å²) in [5, 5.41) is 1.21. The zero-order valence-corrected chi connectivity index (χ0v) is 6.70. The number of nitrogens with zero attached hydrogens (tertiary/aromatic N) is 2. The highest BCUT2D eigenvalue weighted by Gasteiger charge is 2.10. The van der Waals surface area contributed by atoms with Gasteiger partial charge in [0.15, 0.2) is 0 Å². The Morgan fingerprint density at radius 3 is 3.36 bits per heavy atom. The number of hydrogen-bond donors (Lipinski definition) is 0. The molecule has 3 heteroatoms. The van der Waals surface area contributed by atoms with Gasteiger partial charge >= 0.3 is 0 Å². The monoisotopic (exact) mass is 160 g/mol. The Labute approximate surface area is 64.8 Å². The second-order valence-corrected chi connectivity index (χ2v) is 3.80. The van der Waals surface area contributed by atoms with Gasteiger partial charge in [0.05, 0.1) is 10.8 Å². The van der Waals surface area contributed by atoms with Crippen molar-refractivity contribution in [2.45, 2.75) is 0 Å². The third-order valence-electron chi connectivity index (χ3n) is 1.91. The molecule has 0 fully saturated rings.